The van der Waals surface area contributed by atoms with Crippen molar-refractivity contribution in [3.8, 4) is 29.0 Å². The summed E-state index contributed by atoms with van der Waals surface area (Å²) >= 11 is 0. The predicted molar refractivity (Wildman–Crippen MR) is 129 cm³/mol. The van der Waals surface area contributed by atoms with E-state index in [9.17, 15) is 5.26 Å². The van der Waals surface area contributed by atoms with Gasteiger partial charge in [-0.05, 0) is 48.6 Å². The Morgan fingerprint density at radius 1 is 1.03 bits per heavy atom. The molecule has 0 saturated heterocycles. The summed E-state index contributed by atoms with van der Waals surface area (Å²) in [5.74, 6) is 2.11. The van der Waals surface area contributed by atoms with Crippen LogP contribution in [0.1, 0.15) is 17.3 Å². The number of anilines is 1. The van der Waals surface area contributed by atoms with Crippen molar-refractivity contribution in [3.63, 3.8) is 0 Å². The Morgan fingerprint density at radius 2 is 1.79 bits per heavy atom. The van der Waals surface area contributed by atoms with E-state index in [0.29, 0.717) is 29.8 Å². The molecule has 0 aliphatic carbocycles. The summed E-state index contributed by atoms with van der Waals surface area (Å²) in [5.41, 5.74) is 2.11. The lowest BCUT2D eigenvalue weighted by Crippen LogP contribution is -2.27. The summed E-state index contributed by atoms with van der Waals surface area (Å²) in [6.07, 6.45) is 0. The Bertz CT molecular complexity index is 1300. The molecule has 1 aromatic heterocycles. The van der Waals surface area contributed by atoms with Crippen LogP contribution in [0.2, 0.25) is 0 Å². The van der Waals surface area contributed by atoms with Crippen LogP contribution < -0.4 is 14.8 Å². The molecule has 0 aliphatic heterocycles. The lowest BCUT2D eigenvalue weighted by atomic mass is 10.0. The molecule has 33 heavy (non-hydrogen) atoms. The third-order valence-corrected chi connectivity index (χ3v) is 5.62. The molecule has 0 bridgehead atoms. The number of nitrogens with zero attached hydrogens (tertiary/aromatic N) is 3. The van der Waals surface area contributed by atoms with E-state index >= 15 is 0 Å². The molecule has 7 heteroatoms. The summed E-state index contributed by atoms with van der Waals surface area (Å²) in [6.45, 7) is 0.501. The molecule has 0 unspecified atom stereocenters. The highest BCUT2D eigenvalue weighted by atomic mass is 16.5. The van der Waals surface area contributed by atoms with E-state index in [1.165, 1.54) is 0 Å². The van der Waals surface area contributed by atoms with E-state index in [2.05, 4.69) is 21.3 Å². The zero-order chi connectivity index (χ0) is 23.4. The minimum absolute atomic E-state index is 0.0116. The maximum absolute atomic E-state index is 9.66. The predicted octanol–water partition coefficient (Wildman–Crippen LogP) is 5.10. The standard InChI is InChI=1S/C26H26N4O3/c1-30(2)22(18-12-13-23(31-3)24(14-18)32-4)16-28-26-21(15-27)29-25(33-26)20-11-7-9-17-8-5-6-10-19(17)20/h5-14,22,28H,16H2,1-4H3/t22-/m0/s1. The third kappa shape index (κ3) is 4.47. The molecule has 0 spiro atoms. The van der Waals surface area contributed by atoms with Gasteiger partial charge < -0.3 is 24.1 Å². The zero-order valence-corrected chi connectivity index (χ0v) is 19.1. The Labute approximate surface area is 193 Å². The summed E-state index contributed by atoms with van der Waals surface area (Å²) < 4.78 is 16.9. The Morgan fingerprint density at radius 3 is 2.52 bits per heavy atom. The van der Waals surface area contributed by atoms with Gasteiger partial charge in [0, 0.05) is 12.1 Å². The first-order chi connectivity index (χ1) is 16.0. The van der Waals surface area contributed by atoms with Crippen LogP contribution in [0.3, 0.4) is 0 Å². The molecule has 0 aliphatic rings. The molecule has 7 nitrogen and oxygen atoms in total. The van der Waals surface area contributed by atoms with Crippen molar-refractivity contribution in [3.05, 3.63) is 71.9 Å². The first-order valence-corrected chi connectivity index (χ1v) is 10.6. The number of likely N-dealkylation sites (N-methyl/N-ethyl adjacent to an activating group) is 1. The van der Waals surface area contributed by atoms with Gasteiger partial charge in [0.2, 0.25) is 17.5 Å². The first kappa shape index (κ1) is 22.2. The molecule has 168 valence electrons. The zero-order valence-electron chi connectivity index (χ0n) is 19.1. The maximum atomic E-state index is 9.66. The monoisotopic (exact) mass is 442 g/mol. The second kappa shape index (κ2) is 9.63. The number of hydrogen-bond donors (Lipinski definition) is 1. The fourth-order valence-electron chi connectivity index (χ4n) is 3.89. The van der Waals surface area contributed by atoms with E-state index in [1.54, 1.807) is 14.2 Å². The summed E-state index contributed by atoms with van der Waals surface area (Å²) in [5, 5.41) is 15.0. The molecule has 1 heterocycles. The van der Waals surface area contributed by atoms with Gasteiger partial charge in [-0.15, -0.1) is 0 Å². The van der Waals surface area contributed by atoms with Crippen LogP contribution in [-0.4, -0.2) is 44.7 Å². The van der Waals surface area contributed by atoms with Crippen LogP contribution in [0.15, 0.2) is 65.1 Å². The number of nitriles is 1. The Kier molecular flexibility index (Phi) is 6.48. The van der Waals surface area contributed by atoms with Gasteiger partial charge in [-0.3, -0.25) is 0 Å². The minimum Gasteiger partial charge on any atom is -0.493 e. The summed E-state index contributed by atoms with van der Waals surface area (Å²) in [6, 6.07) is 21.9. The van der Waals surface area contributed by atoms with Crippen molar-refractivity contribution in [1.82, 2.24) is 9.88 Å². The molecule has 0 radical (unpaired) electrons. The van der Waals surface area contributed by atoms with Crippen molar-refractivity contribution in [2.24, 2.45) is 0 Å². The highest BCUT2D eigenvalue weighted by Gasteiger charge is 2.20. The quantitative estimate of drug-likeness (QED) is 0.406. The number of methoxy groups -OCH3 is 2. The van der Waals surface area contributed by atoms with Crippen LogP contribution >= 0.6 is 0 Å². The van der Waals surface area contributed by atoms with Gasteiger partial charge in [0.1, 0.15) is 6.07 Å². The Hall–Kier alpha value is -4.02. The molecule has 4 aromatic rings. The molecular weight excluding hydrogens is 416 g/mol. The largest absolute Gasteiger partial charge is 0.493 e. The SMILES string of the molecule is COc1ccc([C@H](CNc2oc(-c3cccc4ccccc34)nc2C#N)N(C)C)cc1OC. The first-order valence-electron chi connectivity index (χ1n) is 10.6. The number of oxazole rings is 1. The van der Waals surface area contributed by atoms with Crippen LogP contribution in [0.25, 0.3) is 22.2 Å². The fraction of sp³-hybridized carbons (Fsp3) is 0.231. The molecule has 3 aromatic carbocycles. The van der Waals surface area contributed by atoms with Crippen molar-refractivity contribution in [2.75, 3.05) is 40.2 Å². The summed E-state index contributed by atoms with van der Waals surface area (Å²) in [4.78, 5) is 6.54. The molecule has 4 rings (SSSR count). The number of ether oxygens (including phenoxy) is 2. The lowest BCUT2D eigenvalue weighted by molar-refractivity contribution is 0.307. The normalized spacial score (nSPS) is 11.9. The van der Waals surface area contributed by atoms with Gasteiger partial charge in [0.15, 0.2) is 11.5 Å². The minimum atomic E-state index is -0.0116. The third-order valence-electron chi connectivity index (χ3n) is 5.62. The van der Waals surface area contributed by atoms with Gasteiger partial charge in [0.25, 0.3) is 0 Å². The van der Waals surface area contributed by atoms with Crippen molar-refractivity contribution >= 4 is 16.7 Å². The second-order valence-corrected chi connectivity index (χ2v) is 7.81. The maximum Gasteiger partial charge on any atom is 0.232 e. The van der Waals surface area contributed by atoms with Crippen molar-refractivity contribution in [2.45, 2.75) is 6.04 Å². The van der Waals surface area contributed by atoms with Gasteiger partial charge >= 0.3 is 0 Å². The van der Waals surface area contributed by atoms with E-state index in [-0.39, 0.29) is 11.7 Å². The van der Waals surface area contributed by atoms with E-state index in [0.717, 1.165) is 21.9 Å². The fourth-order valence-corrected chi connectivity index (χ4v) is 3.89. The van der Waals surface area contributed by atoms with Gasteiger partial charge in [-0.2, -0.15) is 10.2 Å². The molecular formula is C26H26N4O3. The van der Waals surface area contributed by atoms with E-state index in [1.807, 2.05) is 74.8 Å². The number of nitrogens with one attached hydrogen (secondary N) is 1. The number of benzene rings is 3. The van der Waals surface area contributed by atoms with Gasteiger partial charge in [0.05, 0.1) is 20.3 Å². The topological polar surface area (TPSA) is 83.5 Å². The highest BCUT2D eigenvalue weighted by Crippen LogP contribution is 2.33. The van der Waals surface area contributed by atoms with Gasteiger partial charge in [-0.25, -0.2) is 0 Å². The van der Waals surface area contributed by atoms with Crippen molar-refractivity contribution in [1.29, 1.82) is 5.26 Å². The second-order valence-electron chi connectivity index (χ2n) is 7.81. The Balaban J connectivity index is 1.62. The van der Waals surface area contributed by atoms with E-state index < -0.39 is 0 Å². The molecule has 1 atom stereocenters. The lowest BCUT2D eigenvalue weighted by Gasteiger charge is -2.25. The van der Waals surface area contributed by atoms with Crippen LogP contribution in [0, 0.1) is 11.3 Å². The number of fused-ring (bicyclic) bond motifs is 1. The van der Waals surface area contributed by atoms with Crippen LogP contribution in [-0.2, 0) is 0 Å². The number of aromatic nitrogens is 1. The summed E-state index contributed by atoms with van der Waals surface area (Å²) in [7, 11) is 7.23. The van der Waals surface area contributed by atoms with Crippen LogP contribution in [0.4, 0.5) is 5.88 Å². The number of hydrogen-bond acceptors (Lipinski definition) is 7. The highest BCUT2D eigenvalue weighted by molar-refractivity contribution is 5.94. The molecule has 0 amide bonds. The van der Waals surface area contributed by atoms with Crippen molar-refractivity contribution < 1.29 is 13.9 Å². The van der Waals surface area contributed by atoms with Gasteiger partial charge in [-0.1, -0.05) is 42.5 Å². The average molecular weight is 443 g/mol. The smallest absolute Gasteiger partial charge is 0.232 e. The molecule has 0 fully saturated rings. The average Bonchev–Trinajstić information content (AvgIpc) is 3.26. The molecule has 1 N–H and O–H groups in total. The van der Waals surface area contributed by atoms with E-state index in [4.69, 9.17) is 13.9 Å². The van der Waals surface area contributed by atoms with Crippen LogP contribution in [0.5, 0.6) is 11.5 Å². The number of rotatable bonds is 8. The molecule has 0 saturated carbocycles.